The van der Waals surface area contributed by atoms with Gasteiger partial charge in [-0.2, -0.15) is 0 Å². The first kappa shape index (κ1) is 82.2. The molecule has 0 aromatic rings. The van der Waals surface area contributed by atoms with Crippen molar-refractivity contribution >= 4 is 5.91 Å². The summed E-state index contributed by atoms with van der Waals surface area (Å²) in [7, 11) is 0. The normalized spacial score (nSPS) is 28.6. The molecule has 3 fully saturated rings. The molecule has 3 aliphatic rings. The van der Waals surface area contributed by atoms with E-state index in [1.165, 1.54) is 44.9 Å². The number of carbonyl (C=O) groups is 1. The van der Waals surface area contributed by atoms with Crippen LogP contribution in [0.15, 0.2) is 134 Å². The lowest BCUT2D eigenvalue weighted by Crippen LogP contribution is -2.66. The molecule has 19 nitrogen and oxygen atoms in total. The Hall–Kier alpha value is -4.07. The van der Waals surface area contributed by atoms with Crippen LogP contribution in [0.1, 0.15) is 187 Å². The third-order valence-corrected chi connectivity index (χ3v) is 16.2. The van der Waals surface area contributed by atoms with Crippen LogP contribution in [0.5, 0.6) is 0 Å². The first-order chi connectivity index (χ1) is 44.8. The van der Waals surface area contributed by atoms with Crippen LogP contribution in [0.2, 0.25) is 0 Å². The van der Waals surface area contributed by atoms with E-state index in [9.17, 15) is 61.0 Å². The smallest absolute Gasteiger partial charge is 0.220 e. The van der Waals surface area contributed by atoms with Gasteiger partial charge in [-0.1, -0.05) is 212 Å². The number of allylic oxidation sites excluding steroid dienone is 21. The molecule has 0 saturated carbocycles. The first-order valence-electron chi connectivity index (χ1n) is 34.4. The van der Waals surface area contributed by atoms with E-state index in [2.05, 4.69) is 141 Å². The van der Waals surface area contributed by atoms with Crippen molar-refractivity contribution in [3.05, 3.63) is 134 Å². The average molecular weight is 1300 g/mol. The van der Waals surface area contributed by atoms with Gasteiger partial charge in [0.05, 0.1) is 38.6 Å². The molecular formula is C73H119NO18. The lowest BCUT2D eigenvalue weighted by Gasteiger charge is -2.48. The second-order valence-electron chi connectivity index (χ2n) is 23.9. The van der Waals surface area contributed by atoms with Crippen molar-refractivity contribution in [1.82, 2.24) is 5.32 Å². The summed E-state index contributed by atoms with van der Waals surface area (Å²) in [6, 6.07) is -1.01. The molecule has 0 aromatic carbocycles. The zero-order chi connectivity index (χ0) is 66.8. The van der Waals surface area contributed by atoms with Gasteiger partial charge in [0, 0.05) is 6.42 Å². The highest BCUT2D eigenvalue weighted by atomic mass is 16.8. The third kappa shape index (κ3) is 34.6. The van der Waals surface area contributed by atoms with Gasteiger partial charge in [-0.3, -0.25) is 4.79 Å². The third-order valence-electron chi connectivity index (χ3n) is 16.2. The fourth-order valence-corrected chi connectivity index (χ4v) is 10.6. The molecule has 3 rings (SSSR count). The number of hydrogen-bond donors (Lipinski definition) is 12. The van der Waals surface area contributed by atoms with Crippen molar-refractivity contribution in [2.24, 2.45) is 0 Å². The molecule has 524 valence electrons. The van der Waals surface area contributed by atoms with E-state index in [1.54, 1.807) is 6.08 Å². The molecule has 17 atom stereocenters. The number of carbonyl (C=O) groups excluding carboxylic acids is 1. The van der Waals surface area contributed by atoms with Crippen LogP contribution in [-0.2, 0) is 33.2 Å². The molecule has 0 spiro atoms. The quantitative estimate of drug-likeness (QED) is 0.0200. The average Bonchev–Trinajstić information content (AvgIpc) is 0.830. The maximum absolute atomic E-state index is 13.4. The predicted molar refractivity (Wildman–Crippen MR) is 359 cm³/mol. The highest BCUT2D eigenvalue weighted by molar-refractivity contribution is 5.76. The van der Waals surface area contributed by atoms with Gasteiger partial charge in [0.15, 0.2) is 18.9 Å². The Morgan fingerprint density at radius 3 is 1.22 bits per heavy atom. The van der Waals surface area contributed by atoms with E-state index in [-0.39, 0.29) is 18.9 Å². The standard InChI is InChI=1S/C73H119NO18/c1-3-5-7-9-11-13-15-17-18-19-20-21-22-23-24-25-26-27-28-29-30-31-32-33-34-35-36-37-38-39-41-43-45-47-49-51-61(79)74-56(57(78)50-48-46-44-42-40-16-14-12-10-8-6-4-2)55-87-71-67(85)64(82)69(59(53-76)89-71)92-73-68(86)65(83)70(60(54-77)90-73)91-72-66(84)63(81)62(80)58(52-75)88-72/h5,7,10-13,17-18,20-21,23-24,26-27,29-30,32-33,40,42,48,50,56-60,62-73,75-78,80-86H,3-4,6,8-9,14-16,19,22,25,28,31,34-39,41,43-47,49,51-55H2,1-2H3,(H,74,79)/b7-5-,12-10+,13-11-,18-17-,21-20-,24-23-,27-26-,30-29-,33-32-,42-40+,50-48+. The summed E-state index contributed by atoms with van der Waals surface area (Å²) in [5, 5.41) is 120. The van der Waals surface area contributed by atoms with Crippen molar-refractivity contribution < 1.29 is 89.4 Å². The highest BCUT2D eigenvalue weighted by Crippen LogP contribution is 2.33. The van der Waals surface area contributed by atoms with E-state index < -0.39 is 124 Å². The van der Waals surface area contributed by atoms with Gasteiger partial charge in [0.25, 0.3) is 0 Å². The Morgan fingerprint density at radius 1 is 0.402 bits per heavy atom. The Morgan fingerprint density at radius 2 is 0.761 bits per heavy atom. The van der Waals surface area contributed by atoms with E-state index in [1.807, 2.05) is 6.08 Å². The summed E-state index contributed by atoms with van der Waals surface area (Å²) in [5.74, 6) is -0.303. The van der Waals surface area contributed by atoms with E-state index in [0.717, 1.165) is 109 Å². The molecular weight excluding hydrogens is 1180 g/mol. The molecule has 1 amide bonds. The Balaban J connectivity index is 1.37. The maximum Gasteiger partial charge on any atom is 0.220 e. The minimum absolute atomic E-state index is 0.217. The van der Waals surface area contributed by atoms with Gasteiger partial charge in [-0.25, -0.2) is 0 Å². The molecule has 12 N–H and O–H groups in total. The van der Waals surface area contributed by atoms with Gasteiger partial charge >= 0.3 is 0 Å². The second-order valence-corrected chi connectivity index (χ2v) is 23.9. The first-order valence-corrected chi connectivity index (χ1v) is 34.4. The summed E-state index contributed by atoms with van der Waals surface area (Å²) in [5.41, 5.74) is 0. The number of aliphatic hydroxyl groups excluding tert-OH is 11. The van der Waals surface area contributed by atoms with Crippen molar-refractivity contribution in [3.63, 3.8) is 0 Å². The van der Waals surface area contributed by atoms with Crippen LogP contribution in [-0.4, -0.2) is 193 Å². The number of nitrogens with one attached hydrogen (secondary N) is 1. The van der Waals surface area contributed by atoms with Gasteiger partial charge in [0.2, 0.25) is 5.91 Å². The molecule has 3 saturated heterocycles. The fourth-order valence-electron chi connectivity index (χ4n) is 10.6. The van der Waals surface area contributed by atoms with Crippen LogP contribution in [0.4, 0.5) is 0 Å². The molecule has 0 aromatic heterocycles. The van der Waals surface area contributed by atoms with Gasteiger partial charge < -0.3 is 89.9 Å². The molecule has 0 bridgehead atoms. The lowest BCUT2D eigenvalue weighted by molar-refractivity contribution is -0.379. The number of unbranched alkanes of at least 4 members (excludes halogenated alkanes) is 14. The number of ether oxygens (including phenoxy) is 6. The van der Waals surface area contributed by atoms with E-state index in [0.29, 0.717) is 12.8 Å². The van der Waals surface area contributed by atoms with Crippen LogP contribution < -0.4 is 5.32 Å². The van der Waals surface area contributed by atoms with Crippen molar-refractivity contribution in [1.29, 1.82) is 0 Å². The molecule has 19 heteroatoms. The van der Waals surface area contributed by atoms with Gasteiger partial charge in [-0.15, -0.1) is 0 Å². The summed E-state index contributed by atoms with van der Waals surface area (Å²) in [6.07, 6.45) is 47.3. The van der Waals surface area contributed by atoms with Crippen molar-refractivity contribution in [2.45, 2.75) is 291 Å². The molecule has 0 aliphatic carbocycles. The van der Waals surface area contributed by atoms with Crippen LogP contribution in [0, 0.1) is 0 Å². The number of rotatable bonds is 50. The molecule has 92 heavy (non-hydrogen) atoms. The largest absolute Gasteiger partial charge is 0.394 e. The topological polar surface area (TPSA) is 307 Å². The zero-order valence-electron chi connectivity index (χ0n) is 55.2. The maximum atomic E-state index is 13.4. The highest BCUT2D eigenvalue weighted by Gasteiger charge is 2.53. The zero-order valence-corrected chi connectivity index (χ0v) is 55.2. The predicted octanol–water partition coefficient (Wildman–Crippen LogP) is 8.99. The summed E-state index contributed by atoms with van der Waals surface area (Å²) in [4.78, 5) is 13.4. The molecule has 3 aliphatic heterocycles. The fraction of sp³-hybridized carbons (Fsp3) is 0.685. The number of amides is 1. The summed E-state index contributed by atoms with van der Waals surface area (Å²) < 4.78 is 34.2. The Kier molecular flexibility index (Phi) is 47.4. The molecule has 3 heterocycles. The number of aliphatic hydroxyl groups is 11. The minimum atomic E-state index is -1.99. The second kappa shape index (κ2) is 53.1. The van der Waals surface area contributed by atoms with E-state index >= 15 is 0 Å². The van der Waals surface area contributed by atoms with Gasteiger partial charge in [-0.05, 0) is 103 Å². The minimum Gasteiger partial charge on any atom is -0.394 e. The molecule has 17 unspecified atom stereocenters. The van der Waals surface area contributed by atoms with E-state index in [4.69, 9.17) is 28.4 Å². The van der Waals surface area contributed by atoms with Gasteiger partial charge in [0.1, 0.15) is 73.2 Å². The SMILES string of the molecule is CC/C=C\C/C=C\C/C=C\C/C=C\C/C=C\C/C=C\C/C=C\C/C=C\CCCCCCCCCCCCC(=O)NC(COC1OC(CO)C(OC2OC(CO)C(OC3OC(CO)C(O)C(O)C3O)C(O)C2O)C(O)C1O)C(O)/C=C/CC/C=C/CC/C=C/CCCC. The monoisotopic (exact) mass is 1300 g/mol. The van der Waals surface area contributed by atoms with Crippen LogP contribution >= 0.6 is 0 Å². The Labute approximate surface area is 550 Å². The van der Waals surface area contributed by atoms with Crippen LogP contribution in [0.3, 0.4) is 0 Å². The Bertz CT molecular complexity index is 2190. The van der Waals surface area contributed by atoms with Crippen molar-refractivity contribution in [2.75, 3.05) is 26.4 Å². The lowest BCUT2D eigenvalue weighted by atomic mass is 9.96. The number of hydrogen-bond acceptors (Lipinski definition) is 18. The summed E-state index contributed by atoms with van der Waals surface area (Å²) >= 11 is 0. The van der Waals surface area contributed by atoms with Crippen molar-refractivity contribution in [3.8, 4) is 0 Å². The van der Waals surface area contributed by atoms with Crippen LogP contribution in [0.25, 0.3) is 0 Å². The molecule has 0 radical (unpaired) electrons. The summed E-state index contributed by atoms with van der Waals surface area (Å²) in [6.45, 7) is 1.50.